The summed E-state index contributed by atoms with van der Waals surface area (Å²) < 4.78 is 4.93. The second-order valence-corrected chi connectivity index (χ2v) is 16.6. The highest BCUT2D eigenvalue weighted by atomic mass is 32.1. The number of hydrogen-bond donors (Lipinski definition) is 4. The molecule has 2 aromatic rings. The molecule has 1 aliphatic rings. The number of piperidine rings is 1. The smallest absolute Gasteiger partial charge is 0.308 e. The molecule has 0 bridgehead atoms. The molecule has 8 atom stereocenters. The van der Waals surface area contributed by atoms with E-state index >= 15 is 0 Å². The third-order valence-electron chi connectivity index (χ3n) is 11.1. The van der Waals surface area contributed by atoms with E-state index in [0.29, 0.717) is 25.7 Å². The van der Waals surface area contributed by atoms with Crippen LogP contribution in [0.4, 0.5) is 0 Å². The van der Waals surface area contributed by atoms with Crippen LogP contribution in [0, 0.1) is 17.8 Å². The molecule has 316 valence electrons. The van der Waals surface area contributed by atoms with Crippen molar-refractivity contribution in [1.82, 2.24) is 30.7 Å². The SMILES string of the molecule is C/C=C/CNC(=O)C(C)N(C(=O)[C@@H](NC(=O)[C@H]1CCCCN1C)[C@@H](C)CC)[C@H](C[C@@H](O)c1nc(C(=O)N[C@@H](Cc2ccccc2)CC(C)C(=O)OC)cs1)C(C)C. The largest absolute Gasteiger partial charge is 0.469 e. The Morgan fingerprint density at radius 3 is 2.37 bits per heavy atom. The lowest BCUT2D eigenvalue weighted by molar-refractivity contribution is -0.149. The average Bonchev–Trinajstić information content (AvgIpc) is 3.70. The highest BCUT2D eigenvalue weighted by Gasteiger charge is 2.41. The summed E-state index contributed by atoms with van der Waals surface area (Å²) in [6, 6.07) is 6.43. The molecule has 13 nitrogen and oxygen atoms in total. The molecule has 0 aliphatic carbocycles. The molecule has 57 heavy (non-hydrogen) atoms. The molecular weight excluding hydrogens is 745 g/mol. The van der Waals surface area contributed by atoms with Crippen molar-refractivity contribution in [2.45, 2.75) is 130 Å². The van der Waals surface area contributed by atoms with Gasteiger partial charge in [-0.3, -0.25) is 28.9 Å². The third-order valence-corrected chi connectivity index (χ3v) is 12.0. The van der Waals surface area contributed by atoms with E-state index in [2.05, 4.69) is 20.9 Å². The number of nitrogens with one attached hydrogen (secondary N) is 3. The lowest BCUT2D eigenvalue weighted by atomic mass is 9.90. The predicted octanol–water partition coefficient (Wildman–Crippen LogP) is 5.06. The predicted molar refractivity (Wildman–Crippen MR) is 223 cm³/mol. The van der Waals surface area contributed by atoms with Crippen molar-refractivity contribution in [3.8, 4) is 0 Å². The summed E-state index contributed by atoms with van der Waals surface area (Å²) in [5.41, 5.74) is 1.12. The monoisotopic (exact) mass is 810 g/mol. The van der Waals surface area contributed by atoms with E-state index in [1.807, 2.05) is 89.1 Å². The summed E-state index contributed by atoms with van der Waals surface area (Å²) in [7, 11) is 3.26. The number of aliphatic hydroxyl groups is 1. The van der Waals surface area contributed by atoms with Gasteiger partial charge in [0.1, 0.15) is 28.9 Å². The maximum Gasteiger partial charge on any atom is 0.308 e. The van der Waals surface area contributed by atoms with Crippen LogP contribution in [-0.4, -0.2) is 107 Å². The number of ether oxygens (including phenoxy) is 1. The minimum atomic E-state index is -1.18. The van der Waals surface area contributed by atoms with Crippen molar-refractivity contribution < 1.29 is 33.8 Å². The number of amides is 4. The topological polar surface area (TPSA) is 170 Å². The number of methoxy groups -OCH3 is 1. The Morgan fingerprint density at radius 1 is 1.05 bits per heavy atom. The highest BCUT2D eigenvalue weighted by molar-refractivity contribution is 7.09. The molecule has 1 aromatic heterocycles. The Morgan fingerprint density at radius 2 is 1.75 bits per heavy atom. The number of allylic oxidation sites excluding steroid dienone is 1. The molecule has 2 unspecified atom stereocenters. The minimum absolute atomic E-state index is 0.0320. The van der Waals surface area contributed by atoms with Crippen molar-refractivity contribution in [3.05, 3.63) is 64.1 Å². The first kappa shape index (κ1) is 47.2. The Labute approximate surface area is 343 Å². The summed E-state index contributed by atoms with van der Waals surface area (Å²) in [6.45, 7) is 14.1. The fourth-order valence-corrected chi connectivity index (χ4v) is 8.15. The quantitative estimate of drug-likeness (QED) is 0.0995. The first-order valence-corrected chi connectivity index (χ1v) is 21.3. The van der Waals surface area contributed by atoms with Gasteiger partial charge in [0.2, 0.25) is 17.7 Å². The van der Waals surface area contributed by atoms with Crippen LogP contribution in [0.3, 0.4) is 0 Å². The molecular formula is C43H66N6O7S. The normalized spacial score (nSPS) is 18.5. The Balaban J connectivity index is 1.90. The molecule has 2 heterocycles. The van der Waals surface area contributed by atoms with Crippen molar-refractivity contribution in [3.63, 3.8) is 0 Å². The Bertz CT molecular complexity index is 1630. The van der Waals surface area contributed by atoms with Gasteiger partial charge in [-0.05, 0) is 70.5 Å². The molecule has 1 saturated heterocycles. The highest BCUT2D eigenvalue weighted by Crippen LogP contribution is 2.30. The number of aliphatic hydroxyl groups excluding tert-OH is 1. The van der Waals surface area contributed by atoms with Gasteiger partial charge in [-0.2, -0.15) is 0 Å². The first-order chi connectivity index (χ1) is 27.1. The Kier molecular flexibility index (Phi) is 19.3. The van der Waals surface area contributed by atoms with E-state index < -0.39 is 42.1 Å². The van der Waals surface area contributed by atoms with Gasteiger partial charge < -0.3 is 30.7 Å². The molecule has 1 aliphatic heterocycles. The van der Waals surface area contributed by atoms with Crippen LogP contribution in [0.15, 0.2) is 47.9 Å². The van der Waals surface area contributed by atoms with Crippen LogP contribution >= 0.6 is 11.3 Å². The van der Waals surface area contributed by atoms with Gasteiger partial charge in [-0.1, -0.05) is 89.9 Å². The van der Waals surface area contributed by atoms with Crippen LogP contribution < -0.4 is 16.0 Å². The number of carbonyl (C=O) groups is 5. The van der Waals surface area contributed by atoms with Crippen LogP contribution in [0.2, 0.25) is 0 Å². The maximum atomic E-state index is 14.9. The number of likely N-dealkylation sites (N-methyl/N-ethyl adjacent to an activating group) is 1. The number of nitrogens with zero attached hydrogens (tertiary/aromatic N) is 3. The molecule has 1 fully saturated rings. The fraction of sp³-hybridized carbons (Fsp3) is 0.628. The summed E-state index contributed by atoms with van der Waals surface area (Å²) in [6.07, 6.45) is 6.58. The second kappa shape index (κ2) is 23.3. The van der Waals surface area contributed by atoms with E-state index in [9.17, 15) is 29.1 Å². The van der Waals surface area contributed by atoms with E-state index in [1.54, 1.807) is 24.1 Å². The summed E-state index contributed by atoms with van der Waals surface area (Å²) >= 11 is 1.13. The number of benzene rings is 1. The third kappa shape index (κ3) is 13.7. The number of rotatable bonds is 21. The molecule has 4 N–H and O–H groups in total. The van der Waals surface area contributed by atoms with Gasteiger partial charge >= 0.3 is 5.97 Å². The average molecular weight is 811 g/mol. The molecule has 3 rings (SSSR count). The number of hydrogen-bond acceptors (Lipinski definition) is 10. The zero-order valence-electron chi connectivity index (χ0n) is 35.3. The Hall–Kier alpha value is -4.14. The number of likely N-dealkylation sites (tertiary alicyclic amines) is 1. The molecule has 1 aromatic carbocycles. The molecule has 0 saturated carbocycles. The number of esters is 1. The van der Waals surface area contributed by atoms with Crippen molar-refractivity contribution in [2.24, 2.45) is 17.8 Å². The van der Waals surface area contributed by atoms with Crippen LogP contribution in [0.25, 0.3) is 0 Å². The number of carbonyl (C=O) groups excluding carboxylic acids is 5. The first-order valence-electron chi connectivity index (χ1n) is 20.4. The maximum absolute atomic E-state index is 14.9. The van der Waals surface area contributed by atoms with Gasteiger partial charge in [0.15, 0.2) is 0 Å². The fourth-order valence-electron chi connectivity index (χ4n) is 7.35. The molecule has 4 amide bonds. The van der Waals surface area contributed by atoms with Crippen molar-refractivity contribution >= 4 is 40.9 Å². The molecule has 0 spiro atoms. The summed E-state index contributed by atoms with van der Waals surface area (Å²) in [5, 5.41) is 22.6. The lowest BCUT2D eigenvalue weighted by Gasteiger charge is -2.42. The van der Waals surface area contributed by atoms with Gasteiger partial charge in [-0.25, -0.2) is 4.98 Å². The van der Waals surface area contributed by atoms with Gasteiger partial charge in [-0.15, -0.1) is 11.3 Å². The molecule has 14 heteroatoms. The van der Waals surface area contributed by atoms with Gasteiger partial charge in [0.25, 0.3) is 5.91 Å². The minimum Gasteiger partial charge on any atom is -0.469 e. The van der Waals surface area contributed by atoms with Gasteiger partial charge in [0, 0.05) is 30.4 Å². The van der Waals surface area contributed by atoms with Crippen LogP contribution in [0.5, 0.6) is 0 Å². The number of thiazole rings is 1. The zero-order valence-corrected chi connectivity index (χ0v) is 36.1. The zero-order chi connectivity index (χ0) is 42.2. The standard InChI is InChI=1S/C43H66N6O7S/c1-10-12-21-44-38(51)30(7)49(42(54)37(28(5)11-2)47-40(53)34-20-16-17-22-48(34)8)35(27(3)4)25-36(50)41-46-33(26-57-41)39(52)45-32(23-29(6)43(55)56-9)24-31-18-14-13-15-19-31/h10,12-15,18-19,26-30,32,34-37,50H,11,16-17,20-25H2,1-9H3,(H,44,51)(H,45,52)(H,47,53)/b12-10+/t28-,29?,30?,32+,34+,35+,36+,37-/m0/s1. The summed E-state index contributed by atoms with van der Waals surface area (Å²) in [4.78, 5) is 76.2. The van der Waals surface area contributed by atoms with Crippen molar-refractivity contribution in [1.29, 1.82) is 0 Å². The lowest BCUT2D eigenvalue weighted by Crippen LogP contribution is -2.62. The van der Waals surface area contributed by atoms with E-state index in [1.165, 1.54) is 7.11 Å². The van der Waals surface area contributed by atoms with Crippen LogP contribution in [0.1, 0.15) is 114 Å². The van der Waals surface area contributed by atoms with E-state index in [0.717, 1.165) is 36.3 Å². The van der Waals surface area contributed by atoms with Crippen LogP contribution in [-0.2, 0) is 30.3 Å². The molecule has 0 radical (unpaired) electrons. The summed E-state index contributed by atoms with van der Waals surface area (Å²) in [5.74, 6) is -2.68. The number of aromatic nitrogens is 1. The van der Waals surface area contributed by atoms with E-state index in [-0.39, 0.29) is 65.2 Å². The van der Waals surface area contributed by atoms with E-state index in [4.69, 9.17) is 4.74 Å². The van der Waals surface area contributed by atoms with Crippen molar-refractivity contribution in [2.75, 3.05) is 27.2 Å². The van der Waals surface area contributed by atoms with Gasteiger partial charge in [0.05, 0.1) is 19.1 Å². The second-order valence-electron chi connectivity index (χ2n) is 15.8.